The fraction of sp³-hybridized carbons (Fsp3) is 0.111. The van der Waals surface area contributed by atoms with Gasteiger partial charge in [-0.25, -0.2) is 0 Å². The van der Waals surface area contributed by atoms with Gasteiger partial charge in [0.1, 0.15) is 12.1 Å². The largest absolute Gasteiger partial charge is 0.306 e. The number of nitriles is 2. The topological polar surface area (TPSA) is 54.1 Å². The van der Waals surface area contributed by atoms with Crippen molar-refractivity contribution in [1.82, 2.24) is 0 Å². The van der Waals surface area contributed by atoms with E-state index in [9.17, 15) is 10.5 Å². The predicted octanol–water partition coefficient (Wildman–Crippen LogP) is 10.6. The van der Waals surface area contributed by atoms with Crippen molar-refractivity contribution in [2.24, 2.45) is 0 Å². The zero-order valence-corrected chi connectivity index (χ0v) is 25.1. The van der Waals surface area contributed by atoms with Crippen LogP contribution in [0, 0.1) is 22.7 Å². The molecular formula is C36H26N4S2. The quantitative estimate of drug-likeness (QED) is 0.203. The molecule has 5 aromatic rings. The van der Waals surface area contributed by atoms with Crippen molar-refractivity contribution in [3.8, 4) is 12.1 Å². The average Bonchev–Trinajstić information content (AvgIpc) is 3.01. The van der Waals surface area contributed by atoms with Crippen molar-refractivity contribution in [1.29, 1.82) is 10.5 Å². The summed E-state index contributed by atoms with van der Waals surface area (Å²) in [6, 6.07) is 40.1. The molecule has 0 saturated heterocycles. The zero-order valence-electron chi connectivity index (χ0n) is 23.4. The van der Waals surface area contributed by atoms with E-state index in [1.54, 1.807) is 29.6 Å². The summed E-state index contributed by atoms with van der Waals surface area (Å²) in [7, 11) is 0. The number of nitrogens with zero attached hydrogens (tertiary/aromatic N) is 4. The molecule has 0 unspecified atom stereocenters. The third kappa shape index (κ3) is 4.07. The first-order chi connectivity index (χ1) is 20.4. The molecule has 0 amide bonds. The number of para-hydroxylation sites is 4. The molecule has 7 rings (SSSR count). The van der Waals surface area contributed by atoms with Crippen LogP contribution in [0.1, 0.15) is 37.5 Å². The second-order valence-electron chi connectivity index (χ2n) is 11.3. The summed E-state index contributed by atoms with van der Waals surface area (Å²) in [4.78, 5) is 8.96. The van der Waals surface area contributed by atoms with Crippen molar-refractivity contribution in [2.75, 3.05) is 9.80 Å². The molecule has 0 aliphatic carbocycles. The van der Waals surface area contributed by atoms with Crippen LogP contribution in [0.2, 0.25) is 0 Å². The van der Waals surface area contributed by atoms with Gasteiger partial charge in [-0.2, -0.15) is 10.5 Å². The van der Waals surface area contributed by atoms with E-state index in [0.717, 1.165) is 59.3 Å². The Morgan fingerprint density at radius 2 is 0.833 bits per heavy atom. The van der Waals surface area contributed by atoms with Crippen LogP contribution in [0.25, 0.3) is 0 Å². The van der Waals surface area contributed by atoms with Crippen LogP contribution in [-0.2, 0) is 5.41 Å². The molecule has 0 radical (unpaired) electrons. The van der Waals surface area contributed by atoms with Crippen molar-refractivity contribution < 1.29 is 0 Å². The lowest BCUT2D eigenvalue weighted by Crippen LogP contribution is -2.27. The van der Waals surface area contributed by atoms with Gasteiger partial charge in [0.15, 0.2) is 0 Å². The summed E-state index contributed by atoms with van der Waals surface area (Å²) in [5.41, 5.74) is 7.18. The van der Waals surface area contributed by atoms with Crippen molar-refractivity contribution >= 4 is 57.6 Å². The standard InChI is InChI=1S/C36H26N4S2/c1-36(2,3)33-34(39-25-12-4-8-16-29(25)41-30-17-9-5-13-26(30)39)23(21-37)20-24(22-38)35(33)40-27-14-6-10-18-31(27)42-32-19-11-7-15-28(32)40/h4-20H,1-3H3. The highest BCUT2D eigenvalue weighted by Gasteiger charge is 2.38. The number of benzene rings is 5. The fourth-order valence-corrected chi connectivity index (χ4v) is 8.01. The third-order valence-corrected chi connectivity index (χ3v) is 9.84. The second-order valence-corrected chi connectivity index (χ2v) is 13.4. The highest BCUT2D eigenvalue weighted by Crippen LogP contribution is 2.59. The Morgan fingerprint density at radius 3 is 1.12 bits per heavy atom. The number of rotatable bonds is 2. The van der Waals surface area contributed by atoms with E-state index in [1.165, 1.54) is 0 Å². The number of fused-ring (bicyclic) bond motifs is 4. The number of anilines is 6. The van der Waals surface area contributed by atoms with Gasteiger partial charge >= 0.3 is 0 Å². The first-order valence-electron chi connectivity index (χ1n) is 13.7. The normalized spacial score (nSPS) is 13.3. The van der Waals surface area contributed by atoms with E-state index in [4.69, 9.17) is 0 Å². The lowest BCUT2D eigenvalue weighted by atomic mass is 9.80. The molecule has 0 fully saturated rings. The molecule has 6 heteroatoms. The van der Waals surface area contributed by atoms with Gasteiger partial charge in [-0.3, -0.25) is 0 Å². The second kappa shape index (κ2) is 10.0. The monoisotopic (exact) mass is 578 g/mol. The molecule has 4 nitrogen and oxygen atoms in total. The third-order valence-electron chi connectivity index (χ3n) is 7.58. The maximum atomic E-state index is 10.7. The number of hydrogen-bond donors (Lipinski definition) is 0. The summed E-state index contributed by atoms with van der Waals surface area (Å²) in [5.74, 6) is 0. The predicted molar refractivity (Wildman–Crippen MR) is 172 cm³/mol. The SMILES string of the molecule is CC(C)(C)c1c(N2c3ccccc3Sc3ccccc32)c(C#N)cc(C#N)c1N1c2ccccc2Sc2ccccc21. The van der Waals surface area contributed by atoms with Gasteiger partial charge in [-0.1, -0.05) is 92.8 Å². The summed E-state index contributed by atoms with van der Waals surface area (Å²) in [5, 5.41) is 21.3. The van der Waals surface area contributed by atoms with Crippen LogP contribution in [0.3, 0.4) is 0 Å². The molecule has 0 N–H and O–H groups in total. The Labute approximate surface area is 254 Å². The molecule has 0 atom stereocenters. The minimum atomic E-state index is -0.438. The molecular weight excluding hydrogens is 553 g/mol. The lowest BCUT2D eigenvalue weighted by Gasteiger charge is -2.41. The molecule has 2 heterocycles. The average molecular weight is 579 g/mol. The van der Waals surface area contributed by atoms with Crippen LogP contribution in [0.15, 0.2) is 123 Å². The van der Waals surface area contributed by atoms with Crippen LogP contribution in [0.5, 0.6) is 0 Å². The maximum Gasteiger partial charge on any atom is 0.101 e. The summed E-state index contributed by atoms with van der Waals surface area (Å²) in [6.45, 7) is 6.51. The summed E-state index contributed by atoms with van der Waals surface area (Å²) >= 11 is 3.48. The Morgan fingerprint density at radius 1 is 0.524 bits per heavy atom. The molecule has 2 aliphatic rings. The van der Waals surface area contributed by atoms with E-state index < -0.39 is 5.41 Å². The maximum absolute atomic E-state index is 10.7. The van der Waals surface area contributed by atoms with Gasteiger partial charge in [0.05, 0.1) is 45.3 Å². The molecule has 0 bridgehead atoms. The van der Waals surface area contributed by atoms with Crippen molar-refractivity contribution in [2.45, 2.75) is 45.8 Å². The first kappa shape index (κ1) is 26.3. The van der Waals surface area contributed by atoms with Gasteiger partial charge in [0, 0.05) is 25.1 Å². The van der Waals surface area contributed by atoms with Crippen LogP contribution in [0.4, 0.5) is 34.1 Å². The fourth-order valence-electron chi connectivity index (χ4n) is 5.90. The van der Waals surface area contributed by atoms with E-state index >= 15 is 0 Å². The van der Waals surface area contributed by atoms with E-state index in [-0.39, 0.29) is 0 Å². The zero-order chi connectivity index (χ0) is 29.0. The van der Waals surface area contributed by atoms with Crippen LogP contribution in [-0.4, -0.2) is 0 Å². The first-order valence-corrected chi connectivity index (χ1v) is 15.4. The minimum Gasteiger partial charge on any atom is -0.306 e. The van der Waals surface area contributed by atoms with Crippen LogP contribution >= 0.6 is 23.5 Å². The molecule has 2 aliphatic heterocycles. The highest BCUT2D eigenvalue weighted by atomic mass is 32.2. The Kier molecular flexibility index (Phi) is 6.28. The van der Waals surface area contributed by atoms with E-state index in [1.807, 2.05) is 24.3 Å². The van der Waals surface area contributed by atoms with Gasteiger partial charge in [-0.05, 0) is 60.0 Å². The van der Waals surface area contributed by atoms with Crippen molar-refractivity contribution in [3.05, 3.63) is 120 Å². The van der Waals surface area contributed by atoms with Crippen LogP contribution < -0.4 is 9.80 Å². The lowest BCUT2D eigenvalue weighted by molar-refractivity contribution is 0.591. The minimum absolute atomic E-state index is 0.438. The summed E-state index contributed by atoms with van der Waals surface area (Å²) in [6.07, 6.45) is 0. The molecule has 5 aromatic carbocycles. The molecule has 0 saturated carbocycles. The molecule has 42 heavy (non-hydrogen) atoms. The highest BCUT2D eigenvalue weighted by molar-refractivity contribution is 8.00. The van der Waals surface area contributed by atoms with Gasteiger partial charge in [0.25, 0.3) is 0 Å². The van der Waals surface area contributed by atoms with Gasteiger partial charge < -0.3 is 9.80 Å². The molecule has 0 spiro atoms. The molecule has 0 aromatic heterocycles. The Hall–Kier alpha value is -4.62. The van der Waals surface area contributed by atoms with Gasteiger partial charge in [0.2, 0.25) is 0 Å². The number of hydrogen-bond acceptors (Lipinski definition) is 6. The van der Waals surface area contributed by atoms with Crippen molar-refractivity contribution in [3.63, 3.8) is 0 Å². The van der Waals surface area contributed by atoms with E-state index in [0.29, 0.717) is 11.1 Å². The Balaban J connectivity index is 1.64. The van der Waals surface area contributed by atoms with E-state index in [2.05, 4.69) is 116 Å². The Bertz CT molecular complexity index is 1750. The summed E-state index contributed by atoms with van der Waals surface area (Å²) < 4.78 is 0. The molecule has 202 valence electrons. The smallest absolute Gasteiger partial charge is 0.101 e. The van der Waals surface area contributed by atoms with Gasteiger partial charge in [-0.15, -0.1) is 0 Å².